The first-order valence-electron chi connectivity index (χ1n) is 1.98. The van der Waals surface area contributed by atoms with Gasteiger partial charge in [-0.1, -0.05) is 23.2 Å². The van der Waals surface area contributed by atoms with Crippen LogP contribution in [0.2, 0.25) is 0 Å². The number of ether oxygens (including phenoxy) is 1. The Balaban J connectivity index is 3.73. The van der Waals surface area contributed by atoms with E-state index in [4.69, 9.17) is 0 Å². The highest BCUT2D eigenvalue weighted by Gasteiger charge is 2.42. The summed E-state index contributed by atoms with van der Waals surface area (Å²) in [5.41, 5.74) is 0. The van der Waals surface area contributed by atoms with Crippen molar-refractivity contribution < 1.29 is 22.3 Å². The first-order chi connectivity index (χ1) is 4.34. The van der Waals surface area contributed by atoms with Crippen LogP contribution in [0.25, 0.3) is 0 Å². The van der Waals surface area contributed by atoms with Crippen LogP contribution < -0.4 is 0 Å². The summed E-state index contributed by atoms with van der Waals surface area (Å²) in [6, 6.07) is 0. The van der Waals surface area contributed by atoms with Crippen LogP contribution in [-0.2, 0) is 4.74 Å². The maximum atomic E-state index is 11.6. The summed E-state index contributed by atoms with van der Waals surface area (Å²) in [5.74, 6) is 0. The topological polar surface area (TPSA) is 9.23 Å². The lowest BCUT2D eigenvalue weighted by Gasteiger charge is -2.12. The highest BCUT2D eigenvalue weighted by molar-refractivity contribution is 6.43. The van der Waals surface area contributed by atoms with Gasteiger partial charge >= 0.3 is 6.18 Å². The second-order valence-corrected chi connectivity index (χ2v) is 2.27. The molecule has 0 aromatic carbocycles. The van der Waals surface area contributed by atoms with Crippen LogP contribution >= 0.6 is 23.2 Å². The lowest BCUT2D eigenvalue weighted by molar-refractivity contribution is -0.262. The van der Waals surface area contributed by atoms with E-state index in [9.17, 15) is 17.6 Å². The number of hydrogen-bond donors (Lipinski definition) is 0. The predicted octanol–water partition coefficient (Wildman–Crippen LogP) is 2.62. The number of hydrogen-bond acceptors (Lipinski definition) is 1. The summed E-state index contributed by atoms with van der Waals surface area (Å²) >= 11 is 9.36. The van der Waals surface area contributed by atoms with Gasteiger partial charge in [-0.05, 0) is 0 Å². The molecule has 1 unspecified atom stereocenters. The Morgan fingerprint density at radius 1 is 1.20 bits per heavy atom. The molecule has 0 heterocycles. The van der Waals surface area contributed by atoms with Gasteiger partial charge in [-0.2, -0.15) is 13.2 Å². The van der Waals surface area contributed by atoms with Crippen LogP contribution in [0.5, 0.6) is 0 Å². The largest absolute Gasteiger partial charge is 0.445 e. The molecule has 1 atom stereocenters. The fourth-order valence-corrected chi connectivity index (χ4v) is 0.348. The van der Waals surface area contributed by atoms with Crippen molar-refractivity contribution in [3.05, 3.63) is 0 Å². The van der Waals surface area contributed by atoms with Crippen molar-refractivity contribution in [3.63, 3.8) is 0 Å². The summed E-state index contributed by atoms with van der Waals surface area (Å²) in [6.07, 6.45) is -8.49. The van der Waals surface area contributed by atoms with Gasteiger partial charge in [-0.25, -0.2) is 4.39 Å². The molecule has 0 aliphatic heterocycles. The Kier molecular flexibility index (Phi) is 3.69. The van der Waals surface area contributed by atoms with E-state index in [1.807, 2.05) is 0 Å². The predicted molar refractivity (Wildman–Crippen MR) is 27.5 cm³/mol. The summed E-state index contributed by atoms with van der Waals surface area (Å²) in [4.78, 5) is 0. The molecule has 0 saturated carbocycles. The van der Waals surface area contributed by atoms with Crippen molar-refractivity contribution in [2.24, 2.45) is 0 Å². The zero-order chi connectivity index (χ0) is 8.36. The van der Waals surface area contributed by atoms with Crippen molar-refractivity contribution in [2.45, 2.75) is 17.6 Å². The molecule has 0 rings (SSSR count). The number of halogens is 6. The van der Waals surface area contributed by atoms with Crippen molar-refractivity contribution in [2.75, 3.05) is 0 Å². The standard InChI is InChI=1S/C3H2Cl2F4O/c4-2(5)10-1(6)3(7,8)9/h1-2H. The molecular weight excluding hydrogens is 199 g/mol. The minimum Gasteiger partial charge on any atom is -0.307 e. The van der Waals surface area contributed by atoms with Crippen LogP contribution in [-0.4, -0.2) is 17.6 Å². The summed E-state index contributed by atoms with van der Waals surface area (Å²) in [6.45, 7) is 0. The molecule has 0 N–H and O–H groups in total. The Morgan fingerprint density at radius 3 is 1.70 bits per heavy atom. The molecule has 0 spiro atoms. The normalized spacial score (nSPS) is 15.9. The minimum atomic E-state index is -5.07. The van der Waals surface area contributed by atoms with E-state index in [1.165, 1.54) is 0 Å². The zero-order valence-electron chi connectivity index (χ0n) is 4.33. The van der Waals surface area contributed by atoms with Gasteiger partial charge in [-0.15, -0.1) is 0 Å². The van der Waals surface area contributed by atoms with E-state index in [2.05, 4.69) is 27.9 Å². The molecule has 0 aliphatic carbocycles. The van der Waals surface area contributed by atoms with Gasteiger partial charge < -0.3 is 4.74 Å². The summed E-state index contributed by atoms with van der Waals surface area (Å²) in [7, 11) is 0. The molecule has 0 radical (unpaired) electrons. The molecule has 0 bridgehead atoms. The molecule has 62 valence electrons. The van der Waals surface area contributed by atoms with Gasteiger partial charge in [0.15, 0.2) is 0 Å². The Labute approximate surface area is 63.9 Å². The molecular formula is C3H2Cl2F4O. The summed E-state index contributed by atoms with van der Waals surface area (Å²) < 4.78 is 48.6. The van der Waals surface area contributed by atoms with E-state index in [-0.39, 0.29) is 0 Å². The third-order valence-corrected chi connectivity index (χ3v) is 0.685. The van der Waals surface area contributed by atoms with E-state index in [1.54, 1.807) is 0 Å². The van der Waals surface area contributed by atoms with E-state index in [0.29, 0.717) is 0 Å². The average Bonchev–Trinajstić information content (AvgIpc) is 1.60. The highest BCUT2D eigenvalue weighted by atomic mass is 35.5. The molecule has 0 aliphatic rings. The quantitative estimate of drug-likeness (QED) is 0.492. The van der Waals surface area contributed by atoms with Gasteiger partial charge in [-0.3, -0.25) is 0 Å². The maximum Gasteiger partial charge on any atom is 0.445 e. The molecule has 0 aromatic heterocycles. The smallest absolute Gasteiger partial charge is 0.307 e. The summed E-state index contributed by atoms with van der Waals surface area (Å²) in [5, 5.41) is -1.81. The lowest BCUT2D eigenvalue weighted by atomic mass is 10.7. The first-order valence-corrected chi connectivity index (χ1v) is 2.85. The lowest BCUT2D eigenvalue weighted by Crippen LogP contribution is -2.28. The van der Waals surface area contributed by atoms with E-state index >= 15 is 0 Å². The van der Waals surface area contributed by atoms with Crippen LogP contribution in [0.4, 0.5) is 17.6 Å². The SMILES string of the molecule is FC(OC(Cl)Cl)C(F)(F)F. The van der Waals surface area contributed by atoms with Crippen LogP contribution in [0.3, 0.4) is 0 Å². The van der Waals surface area contributed by atoms with Gasteiger partial charge in [0.2, 0.25) is 5.02 Å². The molecule has 7 heteroatoms. The minimum absolute atomic E-state index is 1.81. The molecule has 0 fully saturated rings. The Hall–Kier alpha value is 0.260. The van der Waals surface area contributed by atoms with Crippen molar-refractivity contribution in [3.8, 4) is 0 Å². The molecule has 10 heavy (non-hydrogen) atoms. The van der Waals surface area contributed by atoms with Crippen LogP contribution in [0.1, 0.15) is 0 Å². The fourth-order valence-electron chi connectivity index (χ4n) is 0.167. The monoisotopic (exact) mass is 200 g/mol. The van der Waals surface area contributed by atoms with Gasteiger partial charge in [0, 0.05) is 0 Å². The zero-order valence-corrected chi connectivity index (χ0v) is 5.84. The van der Waals surface area contributed by atoms with Gasteiger partial charge in [0.1, 0.15) is 0 Å². The van der Waals surface area contributed by atoms with Crippen LogP contribution in [0.15, 0.2) is 0 Å². The first kappa shape index (κ1) is 10.3. The highest BCUT2D eigenvalue weighted by Crippen LogP contribution is 2.26. The third kappa shape index (κ3) is 4.14. The van der Waals surface area contributed by atoms with Crippen molar-refractivity contribution in [1.29, 1.82) is 0 Å². The van der Waals surface area contributed by atoms with E-state index in [0.717, 1.165) is 0 Å². The number of alkyl halides is 6. The van der Waals surface area contributed by atoms with Crippen LogP contribution in [0, 0.1) is 0 Å². The van der Waals surface area contributed by atoms with E-state index < -0.39 is 17.6 Å². The fraction of sp³-hybridized carbons (Fsp3) is 1.00. The molecule has 1 nitrogen and oxygen atoms in total. The molecule has 0 aromatic rings. The Bertz CT molecular complexity index is 103. The van der Waals surface area contributed by atoms with Gasteiger partial charge in [0.25, 0.3) is 6.36 Å². The van der Waals surface area contributed by atoms with Gasteiger partial charge in [0.05, 0.1) is 0 Å². The average molecular weight is 201 g/mol. The maximum absolute atomic E-state index is 11.6. The molecule has 0 amide bonds. The van der Waals surface area contributed by atoms with Crippen molar-refractivity contribution >= 4 is 23.2 Å². The second-order valence-electron chi connectivity index (χ2n) is 1.25. The Morgan fingerprint density at radius 2 is 1.60 bits per heavy atom. The third-order valence-electron chi connectivity index (χ3n) is 0.480. The number of rotatable bonds is 2. The second kappa shape index (κ2) is 3.59. The molecule has 0 saturated heterocycles. The van der Waals surface area contributed by atoms with Crippen molar-refractivity contribution in [1.82, 2.24) is 0 Å².